The molecule has 0 bridgehead atoms. The highest BCUT2D eigenvalue weighted by atomic mass is 19.1. The molecule has 7 heteroatoms. The number of carbonyl (C=O) groups excluding carboxylic acids is 1. The van der Waals surface area contributed by atoms with E-state index < -0.39 is 35.6 Å². The number of likely N-dealkylation sites (tertiary alicyclic amines) is 1. The number of nitrogens with zero attached hydrogens (tertiary/aromatic N) is 1. The van der Waals surface area contributed by atoms with Crippen LogP contribution in [0.2, 0.25) is 0 Å². The Bertz CT molecular complexity index is 677. The Morgan fingerprint density at radius 3 is 2.29 bits per heavy atom. The Kier molecular flexibility index (Phi) is 3.83. The monoisotopic (exact) mass is 335 g/mol. The van der Waals surface area contributed by atoms with E-state index in [4.69, 9.17) is 9.31 Å². The molecule has 0 aliphatic carbocycles. The van der Waals surface area contributed by atoms with E-state index in [1.165, 1.54) is 17.0 Å². The zero-order valence-electron chi connectivity index (χ0n) is 14.7. The zero-order chi connectivity index (χ0) is 17.9. The van der Waals surface area contributed by atoms with Gasteiger partial charge in [0.05, 0.1) is 11.2 Å². The van der Waals surface area contributed by atoms with E-state index in [0.717, 1.165) is 0 Å². The largest absolute Gasteiger partial charge is 0.494 e. The maximum atomic E-state index is 14.3. The number of rotatable bonds is 2. The van der Waals surface area contributed by atoms with Gasteiger partial charge in [0.2, 0.25) is 0 Å². The highest BCUT2D eigenvalue weighted by Gasteiger charge is 2.52. The second-order valence-electron chi connectivity index (χ2n) is 7.66. The van der Waals surface area contributed by atoms with Crippen molar-refractivity contribution >= 4 is 18.5 Å². The Morgan fingerprint density at radius 1 is 1.21 bits per heavy atom. The van der Waals surface area contributed by atoms with Crippen molar-refractivity contribution in [2.75, 3.05) is 13.6 Å². The first-order valence-electron chi connectivity index (χ1n) is 8.11. The molecule has 24 heavy (non-hydrogen) atoms. The summed E-state index contributed by atoms with van der Waals surface area (Å²) in [5, 5.41) is 10.7. The lowest BCUT2D eigenvalue weighted by atomic mass is 9.76. The van der Waals surface area contributed by atoms with Gasteiger partial charge in [0, 0.05) is 25.6 Å². The molecule has 3 rings (SSSR count). The summed E-state index contributed by atoms with van der Waals surface area (Å²) in [4.78, 5) is 13.7. The fraction of sp³-hybridized carbons (Fsp3) is 0.588. The molecule has 1 aromatic rings. The van der Waals surface area contributed by atoms with Crippen LogP contribution < -0.4 is 5.46 Å². The SMILES string of the molecule is CN1CC[C@@](O)(c2cc(B3OC(C)(C)C(C)(C)O3)ccc2F)C1=O. The van der Waals surface area contributed by atoms with Gasteiger partial charge in [-0.25, -0.2) is 4.39 Å². The minimum atomic E-state index is -1.83. The highest BCUT2D eigenvalue weighted by Crippen LogP contribution is 2.37. The average Bonchev–Trinajstić information content (AvgIpc) is 2.87. The Hall–Kier alpha value is -1.44. The van der Waals surface area contributed by atoms with Crippen LogP contribution in [0, 0.1) is 5.82 Å². The number of benzene rings is 1. The maximum absolute atomic E-state index is 14.3. The lowest BCUT2D eigenvalue weighted by Gasteiger charge is -2.32. The van der Waals surface area contributed by atoms with Crippen LogP contribution in [0.5, 0.6) is 0 Å². The molecular weight excluding hydrogens is 312 g/mol. The van der Waals surface area contributed by atoms with Gasteiger partial charge in [0.1, 0.15) is 5.82 Å². The van der Waals surface area contributed by atoms with Gasteiger partial charge in [0.25, 0.3) is 5.91 Å². The lowest BCUT2D eigenvalue weighted by molar-refractivity contribution is -0.143. The van der Waals surface area contributed by atoms with Crippen LogP contribution in [0.4, 0.5) is 4.39 Å². The molecule has 2 saturated heterocycles. The third-order valence-electron chi connectivity index (χ3n) is 5.47. The number of halogens is 1. The van der Waals surface area contributed by atoms with Gasteiger partial charge < -0.3 is 19.3 Å². The summed E-state index contributed by atoms with van der Waals surface area (Å²) in [6.07, 6.45) is 0.159. The summed E-state index contributed by atoms with van der Waals surface area (Å²) >= 11 is 0. The molecule has 0 unspecified atom stereocenters. The molecule has 0 spiro atoms. The van der Waals surface area contributed by atoms with Crippen LogP contribution in [0.25, 0.3) is 0 Å². The summed E-state index contributed by atoms with van der Waals surface area (Å²) in [7, 11) is 0.920. The summed E-state index contributed by atoms with van der Waals surface area (Å²) in [6.45, 7) is 8.11. The standard InChI is InChI=1S/C17H23BFNO4/c1-15(2)16(3,4)24-18(23-15)11-6-7-13(19)12(10-11)17(22)8-9-20(5)14(17)21/h6-7,10,22H,8-9H2,1-5H3/t17-/m1/s1. The molecule has 2 fully saturated rings. The fourth-order valence-corrected chi connectivity index (χ4v) is 3.09. The van der Waals surface area contributed by atoms with Crippen molar-refractivity contribution in [3.63, 3.8) is 0 Å². The van der Waals surface area contributed by atoms with Gasteiger partial charge in [-0.15, -0.1) is 0 Å². The van der Waals surface area contributed by atoms with Gasteiger partial charge in [-0.3, -0.25) is 4.79 Å². The molecule has 1 atom stereocenters. The van der Waals surface area contributed by atoms with Gasteiger partial charge in [-0.05, 0) is 39.2 Å². The third kappa shape index (κ3) is 2.46. The Labute approximate surface area is 141 Å². The molecule has 5 nitrogen and oxygen atoms in total. The Balaban J connectivity index is 1.98. The molecule has 1 aromatic carbocycles. The lowest BCUT2D eigenvalue weighted by Crippen LogP contribution is -2.41. The molecule has 130 valence electrons. The van der Waals surface area contributed by atoms with Crippen molar-refractivity contribution in [2.24, 2.45) is 0 Å². The van der Waals surface area contributed by atoms with Gasteiger partial charge >= 0.3 is 7.12 Å². The quantitative estimate of drug-likeness (QED) is 0.825. The summed E-state index contributed by atoms with van der Waals surface area (Å²) in [5.74, 6) is -1.10. The van der Waals surface area contributed by atoms with E-state index >= 15 is 0 Å². The first-order chi connectivity index (χ1) is 11.0. The van der Waals surface area contributed by atoms with Crippen molar-refractivity contribution < 1.29 is 23.6 Å². The summed E-state index contributed by atoms with van der Waals surface area (Å²) < 4.78 is 26.3. The number of hydrogen-bond acceptors (Lipinski definition) is 4. The predicted octanol–water partition coefficient (Wildman–Crippen LogP) is 1.17. The van der Waals surface area contributed by atoms with Crippen LogP contribution >= 0.6 is 0 Å². The first kappa shape index (κ1) is 17.4. The molecular formula is C17H23BFNO4. The number of hydrogen-bond donors (Lipinski definition) is 1. The molecule has 1 amide bonds. The van der Waals surface area contributed by atoms with E-state index in [1.54, 1.807) is 13.1 Å². The van der Waals surface area contributed by atoms with Crippen molar-refractivity contribution in [3.8, 4) is 0 Å². The van der Waals surface area contributed by atoms with E-state index in [9.17, 15) is 14.3 Å². The van der Waals surface area contributed by atoms with E-state index in [-0.39, 0.29) is 12.0 Å². The number of likely N-dealkylation sites (N-methyl/N-ethyl adjacent to an activating group) is 1. The minimum absolute atomic E-state index is 0.0240. The van der Waals surface area contributed by atoms with Crippen LogP contribution in [-0.2, 0) is 19.7 Å². The van der Waals surface area contributed by atoms with Crippen LogP contribution in [0.15, 0.2) is 18.2 Å². The van der Waals surface area contributed by atoms with Crippen molar-refractivity contribution in [1.82, 2.24) is 4.90 Å². The van der Waals surface area contributed by atoms with Gasteiger partial charge in [0.15, 0.2) is 5.60 Å². The minimum Gasteiger partial charge on any atom is -0.399 e. The molecule has 0 radical (unpaired) electrons. The molecule has 0 aromatic heterocycles. The molecule has 2 heterocycles. The highest BCUT2D eigenvalue weighted by molar-refractivity contribution is 6.62. The summed E-state index contributed by atoms with van der Waals surface area (Å²) in [5.41, 5.74) is -2.32. The predicted molar refractivity (Wildman–Crippen MR) is 88.3 cm³/mol. The number of amides is 1. The van der Waals surface area contributed by atoms with Crippen molar-refractivity contribution in [2.45, 2.75) is 50.9 Å². The summed E-state index contributed by atoms with van der Waals surface area (Å²) in [6, 6.07) is 4.29. The number of aliphatic hydroxyl groups is 1. The van der Waals surface area contributed by atoms with E-state index in [0.29, 0.717) is 12.0 Å². The fourth-order valence-electron chi connectivity index (χ4n) is 3.09. The van der Waals surface area contributed by atoms with Crippen LogP contribution in [0.1, 0.15) is 39.7 Å². The van der Waals surface area contributed by atoms with Gasteiger partial charge in [-0.2, -0.15) is 0 Å². The molecule has 2 aliphatic rings. The normalized spacial score (nSPS) is 28.7. The third-order valence-corrected chi connectivity index (χ3v) is 5.47. The number of carbonyl (C=O) groups is 1. The average molecular weight is 335 g/mol. The topological polar surface area (TPSA) is 59.0 Å². The van der Waals surface area contributed by atoms with E-state index in [2.05, 4.69) is 0 Å². The first-order valence-corrected chi connectivity index (χ1v) is 8.11. The zero-order valence-corrected chi connectivity index (χ0v) is 14.7. The smallest absolute Gasteiger partial charge is 0.399 e. The second-order valence-corrected chi connectivity index (χ2v) is 7.66. The molecule has 1 N–H and O–H groups in total. The van der Waals surface area contributed by atoms with Crippen LogP contribution in [0.3, 0.4) is 0 Å². The van der Waals surface area contributed by atoms with Crippen molar-refractivity contribution in [3.05, 3.63) is 29.6 Å². The second kappa shape index (κ2) is 5.28. The molecule has 0 saturated carbocycles. The van der Waals surface area contributed by atoms with Gasteiger partial charge in [-0.1, -0.05) is 12.1 Å². The Morgan fingerprint density at radius 2 is 1.79 bits per heavy atom. The van der Waals surface area contributed by atoms with Crippen LogP contribution in [-0.4, -0.2) is 47.8 Å². The maximum Gasteiger partial charge on any atom is 0.494 e. The molecule has 2 aliphatic heterocycles. The van der Waals surface area contributed by atoms with E-state index in [1.807, 2.05) is 27.7 Å². The van der Waals surface area contributed by atoms with Crippen molar-refractivity contribution in [1.29, 1.82) is 0 Å².